The minimum atomic E-state index is -0.932. The van der Waals surface area contributed by atoms with Gasteiger partial charge in [0.15, 0.2) is 0 Å². The van der Waals surface area contributed by atoms with E-state index < -0.39 is 5.97 Å². The minimum Gasteiger partial charge on any atom is -0.478 e. The maximum atomic E-state index is 11.2. The van der Waals surface area contributed by atoms with Crippen LogP contribution in [0.15, 0.2) is 34.8 Å². The molecule has 1 aromatic heterocycles. The summed E-state index contributed by atoms with van der Waals surface area (Å²) >= 11 is 5.00. The Morgan fingerprint density at radius 2 is 2.11 bits per heavy atom. The van der Waals surface area contributed by atoms with Gasteiger partial charge in [0.25, 0.3) is 0 Å². The van der Waals surface area contributed by atoms with E-state index in [4.69, 9.17) is 0 Å². The molecule has 0 spiro atoms. The molecule has 0 saturated heterocycles. The van der Waals surface area contributed by atoms with Gasteiger partial charge in [-0.3, -0.25) is 0 Å². The van der Waals surface area contributed by atoms with E-state index >= 15 is 0 Å². The molecule has 2 rings (SSSR count). The van der Waals surface area contributed by atoms with Crippen LogP contribution < -0.4 is 5.32 Å². The highest BCUT2D eigenvalue weighted by atomic mass is 79.9. The predicted octanol–water partition coefficient (Wildman–Crippen LogP) is 4.69. The van der Waals surface area contributed by atoms with Crippen LogP contribution in [-0.4, -0.2) is 11.1 Å². The van der Waals surface area contributed by atoms with Gasteiger partial charge in [0, 0.05) is 19.9 Å². The van der Waals surface area contributed by atoms with Crippen LogP contribution in [0.25, 0.3) is 0 Å². The summed E-state index contributed by atoms with van der Waals surface area (Å²) in [5.41, 5.74) is 0.906. The van der Waals surface area contributed by atoms with E-state index in [1.165, 1.54) is 9.75 Å². The fourth-order valence-corrected chi connectivity index (χ4v) is 3.05. The molecule has 5 heteroatoms. The topological polar surface area (TPSA) is 49.3 Å². The molecule has 2 N–H and O–H groups in total. The summed E-state index contributed by atoms with van der Waals surface area (Å²) in [6, 6.07) is 9.44. The van der Waals surface area contributed by atoms with Crippen molar-refractivity contribution in [3.05, 3.63) is 50.1 Å². The Labute approximate surface area is 124 Å². The van der Waals surface area contributed by atoms with Gasteiger partial charge in [-0.2, -0.15) is 0 Å². The summed E-state index contributed by atoms with van der Waals surface area (Å²) in [4.78, 5) is 13.7. The molecule has 0 saturated carbocycles. The average Bonchev–Trinajstić information content (AvgIpc) is 2.78. The van der Waals surface area contributed by atoms with Crippen LogP contribution in [0.2, 0.25) is 0 Å². The van der Waals surface area contributed by atoms with Crippen LogP contribution in [0.4, 0.5) is 5.69 Å². The third-order valence-electron chi connectivity index (χ3n) is 2.77. The van der Waals surface area contributed by atoms with E-state index in [-0.39, 0.29) is 11.6 Å². The monoisotopic (exact) mass is 339 g/mol. The number of aryl methyl sites for hydroxylation is 1. The lowest BCUT2D eigenvalue weighted by Crippen LogP contribution is -2.09. The van der Waals surface area contributed by atoms with Crippen LogP contribution in [-0.2, 0) is 0 Å². The van der Waals surface area contributed by atoms with Crippen molar-refractivity contribution in [1.29, 1.82) is 0 Å². The molecule has 1 atom stereocenters. The van der Waals surface area contributed by atoms with Gasteiger partial charge in [-0.1, -0.05) is 15.9 Å². The first-order valence-electron chi connectivity index (χ1n) is 5.83. The second-order valence-electron chi connectivity index (χ2n) is 4.31. The maximum absolute atomic E-state index is 11.2. The number of hydrogen-bond donors (Lipinski definition) is 2. The number of anilines is 1. The molecule has 19 heavy (non-hydrogen) atoms. The smallest absolute Gasteiger partial charge is 0.337 e. The molecule has 0 amide bonds. The van der Waals surface area contributed by atoms with E-state index in [0.717, 1.165) is 4.47 Å². The lowest BCUT2D eigenvalue weighted by molar-refractivity contribution is 0.0698. The van der Waals surface area contributed by atoms with Crippen LogP contribution in [0, 0.1) is 6.92 Å². The van der Waals surface area contributed by atoms with Crippen LogP contribution in [0.1, 0.15) is 33.1 Å². The Kier molecular flexibility index (Phi) is 4.27. The lowest BCUT2D eigenvalue weighted by Gasteiger charge is -2.16. The summed E-state index contributed by atoms with van der Waals surface area (Å²) in [5.74, 6) is -0.932. The van der Waals surface area contributed by atoms with Gasteiger partial charge in [-0.25, -0.2) is 4.79 Å². The molecule has 3 nitrogen and oxygen atoms in total. The number of hydrogen-bond acceptors (Lipinski definition) is 3. The minimum absolute atomic E-state index is 0.0815. The molecule has 0 aliphatic heterocycles. The number of rotatable bonds is 4. The highest BCUT2D eigenvalue weighted by molar-refractivity contribution is 9.10. The molecule has 0 radical (unpaired) electrons. The van der Waals surface area contributed by atoms with E-state index in [9.17, 15) is 9.90 Å². The third kappa shape index (κ3) is 3.36. The summed E-state index contributed by atoms with van der Waals surface area (Å²) in [6.07, 6.45) is 0. The fraction of sp³-hybridized carbons (Fsp3) is 0.214. The van der Waals surface area contributed by atoms with Crippen molar-refractivity contribution in [2.75, 3.05) is 5.32 Å². The Hall–Kier alpha value is -1.33. The van der Waals surface area contributed by atoms with Gasteiger partial charge in [-0.05, 0) is 44.2 Å². The van der Waals surface area contributed by atoms with Crippen LogP contribution in [0.5, 0.6) is 0 Å². The van der Waals surface area contributed by atoms with Gasteiger partial charge < -0.3 is 10.4 Å². The van der Waals surface area contributed by atoms with Crippen molar-refractivity contribution in [3.8, 4) is 0 Å². The van der Waals surface area contributed by atoms with Gasteiger partial charge >= 0.3 is 5.97 Å². The molecule has 0 aliphatic carbocycles. The lowest BCUT2D eigenvalue weighted by atomic mass is 10.1. The van der Waals surface area contributed by atoms with Crippen molar-refractivity contribution in [1.82, 2.24) is 0 Å². The molecule has 100 valence electrons. The van der Waals surface area contributed by atoms with E-state index in [1.807, 2.05) is 13.0 Å². The Morgan fingerprint density at radius 1 is 1.37 bits per heavy atom. The molecule has 1 heterocycles. The molecule has 0 aliphatic rings. The van der Waals surface area contributed by atoms with E-state index in [2.05, 4.69) is 40.3 Å². The Bertz CT molecular complexity index is 609. The second-order valence-corrected chi connectivity index (χ2v) is 6.54. The quantitative estimate of drug-likeness (QED) is 0.849. The SMILES string of the molecule is Cc1ccc(C(C)Nc2ccc(Br)cc2C(=O)O)s1. The number of halogens is 1. The van der Waals surface area contributed by atoms with Crippen molar-refractivity contribution in [2.45, 2.75) is 19.9 Å². The molecule has 0 fully saturated rings. The number of nitrogens with one attached hydrogen (secondary N) is 1. The molecular formula is C14H14BrNO2S. The third-order valence-corrected chi connectivity index (χ3v) is 4.45. The molecule has 2 aromatic rings. The highest BCUT2D eigenvalue weighted by Gasteiger charge is 2.14. The number of carbonyl (C=O) groups is 1. The van der Waals surface area contributed by atoms with Gasteiger partial charge in [0.05, 0.1) is 11.6 Å². The van der Waals surface area contributed by atoms with Crippen molar-refractivity contribution in [2.24, 2.45) is 0 Å². The van der Waals surface area contributed by atoms with E-state index in [0.29, 0.717) is 5.69 Å². The van der Waals surface area contributed by atoms with Gasteiger partial charge in [0.1, 0.15) is 0 Å². The normalized spacial score (nSPS) is 12.2. The maximum Gasteiger partial charge on any atom is 0.337 e. The Balaban J connectivity index is 2.26. The van der Waals surface area contributed by atoms with Crippen molar-refractivity contribution >= 4 is 38.9 Å². The van der Waals surface area contributed by atoms with Gasteiger partial charge in [0.2, 0.25) is 0 Å². The largest absolute Gasteiger partial charge is 0.478 e. The summed E-state index contributed by atoms with van der Waals surface area (Å²) < 4.78 is 0.759. The number of carboxylic acid groups (broad SMARTS) is 1. The molecule has 1 aromatic carbocycles. The summed E-state index contributed by atoms with van der Waals surface area (Å²) in [6.45, 7) is 4.09. The van der Waals surface area contributed by atoms with E-state index in [1.54, 1.807) is 23.5 Å². The molecule has 1 unspecified atom stereocenters. The summed E-state index contributed by atoms with van der Waals surface area (Å²) in [5, 5.41) is 12.5. The van der Waals surface area contributed by atoms with Crippen LogP contribution >= 0.6 is 27.3 Å². The molecule has 0 bridgehead atoms. The summed E-state index contributed by atoms with van der Waals surface area (Å²) in [7, 11) is 0. The number of aromatic carboxylic acids is 1. The zero-order valence-corrected chi connectivity index (χ0v) is 13.0. The van der Waals surface area contributed by atoms with Gasteiger partial charge in [-0.15, -0.1) is 11.3 Å². The number of carboxylic acids is 1. The van der Waals surface area contributed by atoms with Crippen LogP contribution in [0.3, 0.4) is 0 Å². The zero-order chi connectivity index (χ0) is 14.0. The number of thiophene rings is 1. The highest BCUT2D eigenvalue weighted by Crippen LogP contribution is 2.28. The fourth-order valence-electron chi connectivity index (χ4n) is 1.81. The standard InChI is InChI=1S/C14H14BrNO2S/c1-8-3-6-13(19-8)9(2)16-12-5-4-10(15)7-11(12)14(17)18/h3-7,9,16H,1-2H3,(H,17,18). The first-order chi connectivity index (χ1) is 8.97. The average molecular weight is 340 g/mol. The first-order valence-corrected chi connectivity index (χ1v) is 7.44. The Morgan fingerprint density at radius 3 is 2.68 bits per heavy atom. The zero-order valence-electron chi connectivity index (χ0n) is 10.6. The number of benzene rings is 1. The van der Waals surface area contributed by atoms with Crippen molar-refractivity contribution in [3.63, 3.8) is 0 Å². The second kappa shape index (κ2) is 5.75. The first kappa shape index (κ1) is 14.1. The van der Waals surface area contributed by atoms with Crippen molar-refractivity contribution < 1.29 is 9.90 Å². The predicted molar refractivity (Wildman–Crippen MR) is 82.2 cm³/mol. The molecular weight excluding hydrogens is 326 g/mol.